The summed E-state index contributed by atoms with van der Waals surface area (Å²) >= 11 is 0. The fourth-order valence-corrected chi connectivity index (χ4v) is 1.97. The molecule has 2 heterocycles. The van der Waals surface area contributed by atoms with Gasteiger partial charge in [-0.2, -0.15) is 5.10 Å². The number of nitrogens with two attached hydrogens (primary N) is 1. The molecule has 2 aromatic rings. The van der Waals surface area contributed by atoms with Gasteiger partial charge >= 0.3 is 0 Å². The van der Waals surface area contributed by atoms with E-state index in [0.717, 1.165) is 17.3 Å². The zero-order chi connectivity index (χ0) is 12.4. The highest BCUT2D eigenvalue weighted by atomic mass is 15.4. The number of pyridine rings is 1. The second-order valence-electron chi connectivity index (χ2n) is 4.21. The lowest BCUT2D eigenvalue weighted by molar-refractivity contribution is 0.433. The second-order valence-corrected chi connectivity index (χ2v) is 4.21. The standard InChI is InChI=1S/C12H17N5/c1-8(13)12(11-6-4-5-7-14-11)17-10(3)15-9(2)16-17/h4-8,12H,13H2,1-3H3. The van der Waals surface area contributed by atoms with Crippen LogP contribution in [0.3, 0.4) is 0 Å². The Morgan fingerprint density at radius 1 is 1.29 bits per heavy atom. The topological polar surface area (TPSA) is 69.6 Å². The minimum absolute atomic E-state index is 0.0719. The molecule has 0 aliphatic rings. The van der Waals surface area contributed by atoms with Crippen LogP contribution in [0.1, 0.15) is 30.3 Å². The van der Waals surface area contributed by atoms with Gasteiger partial charge < -0.3 is 5.73 Å². The average molecular weight is 231 g/mol. The third-order valence-corrected chi connectivity index (χ3v) is 2.66. The van der Waals surface area contributed by atoms with Gasteiger partial charge in [-0.15, -0.1) is 0 Å². The highest BCUT2D eigenvalue weighted by Crippen LogP contribution is 2.19. The summed E-state index contributed by atoms with van der Waals surface area (Å²) in [6.07, 6.45) is 1.77. The number of nitrogens with zero attached hydrogens (tertiary/aromatic N) is 4. The summed E-state index contributed by atoms with van der Waals surface area (Å²) in [7, 11) is 0. The highest BCUT2D eigenvalue weighted by Gasteiger charge is 2.22. The molecule has 0 amide bonds. The van der Waals surface area contributed by atoms with Crippen molar-refractivity contribution in [3.63, 3.8) is 0 Å². The Bertz CT molecular complexity index is 489. The van der Waals surface area contributed by atoms with E-state index in [-0.39, 0.29) is 12.1 Å². The van der Waals surface area contributed by atoms with Gasteiger partial charge in [0.05, 0.1) is 5.69 Å². The van der Waals surface area contributed by atoms with E-state index in [4.69, 9.17) is 5.73 Å². The summed E-state index contributed by atoms with van der Waals surface area (Å²) in [6, 6.07) is 5.66. The van der Waals surface area contributed by atoms with Gasteiger partial charge in [0.25, 0.3) is 0 Å². The molecule has 17 heavy (non-hydrogen) atoms. The minimum atomic E-state index is -0.0790. The van der Waals surface area contributed by atoms with E-state index in [1.807, 2.05) is 43.7 Å². The predicted octanol–water partition coefficient (Wildman–Crippen LogP) is 1.23. The van der Waals surface area contributed by atoms with Crippen LogP contribution in [0, 0.1) is 13.8 Å². The molecule has 0 saturated carbocycles. The Morgan fingerprint density at radius 2 is 2.06 bits per heavy atom. The molecule has 0 bridgehead atoms. The van der Waals surface area contributed by atoms with Crippen LogP contribution in [0.25, 0.3) is 0 Å². The van der Waals surface area contributed by atoms with Crippen molar-refractivity contribution in [3.8, 4) is 0 Å². The van der Waals surface area contributed by atoms with Crippen LogP contribution in [0.2, 0.25) is 0 Å². The van der Waals surface area contributed by atoms with Gasteiger partial charge in [-0.05, 0) is 32.9 Å². The molecule has 2 unspecified atom stereocenters. The summed E-state index contributed by atoms with van der Waals surface area (Å²) in [6.45, 7) is 5.76. The van der Waals surface area contributed by atoms with Crippen molar-refractivity contribution in [1.29, 1.82) is 0 Å². The summed E-state index contributed by atoms with van der Waals surface area (Å²) in [5.74, 6) is 1.61. The Balaban J connectivity index is 2.47. The first-order chi connectivity index (χ1) is 8.09. The van der Waals surface area contributed by atoms with E-state index in [1.165, 1.54) is 0 Å². The molecule has 90 valence electrons. The Labute approximate surface area is 101 Å². The first-order valence-corrected chi connectivity index (χ1v) is 5.66. The maximum absolute atomic E-state index is 6.05. The molecule has 5 heteroatoms. The van der Waals surface area contributed by atoms with Crippen molar-refractivity contribution in [2.45, 2.75) is 32.9 Å². The van der Waals surface area contributed by atoms with E-state index in [0.29, 0.717) is 0 Å². The first kappa shape index (κ1) is 11.7. The summed E-state index contributed by atoms with van der Waals surface area (Å²) in [5.41, 5.74) is 6.96. The monoisotopic (exact) mass is 231 g/mol. The molecule has 0 aliphatic heterocycles. The normalized spacial score (nSPS) is 14.6. The van der Waals surface area contributed by atoms with Gasteiger partial charge in [0, 0.05) is 12.2 Å². The fraction of sp³-hybridized carbons (Fsp3) is 0.417. The Kier molecular flexibility index (Phi) is 3.19. The van der Waals surface area contributed by atoms with Crippen molar-refractivity contribution in [2.75, 3.05) is 0 Å². The second kappa shape index (κ2) is 4.63. The van der Waals surface area contributed by atoms with Crippen LogP contribution in [0.15, 0.2) is 24.4 Å². The number of hydrogen-bond donors (Lipinski definition) is 1. The molecule has 0 saturated heterocycles. The number of aryl methyl sites for hydroxylation is 2. The lowest BCUT2D eigenvalue weighted by atomic mass is 10.1. The van der Waals surface area contributed by atoms with E-state index in [9.17, 15) is 0 Å². The van der Waals surface area contributed by atoms with Crippen LogP contribution in [-0.2, 0) is 0 Å². The Morgan fingerprint density at radius 3 is 2.53 bits per heavy atom. The summed E-state index contributed by atoms with van der Waals surface area (Å²) in [4.78, 5) is 8.67. The number of hydrogen-bond acceptors (Lipinski definition) is 4. The maximum Gasteiger partial charge on any atom is 0.147 e. The molecule has 0 fully saturated rings. The van der Waals surface area contributed by atoms with Crippen LogP contribution >= 0.6 is 0 Å². The number of aromatic nitrogens is 4. The summed E-state index contributed by atoms with van der Waals surface area (Å²) in [5, 5.41) is 4.39. The number of rotatable bonds is 3. The van der Waals surface area contributed by atoms with Gasteiger partial charge in [-0.1, -0.05) is 6.07 Å². The van der Waals surface area contributed by atoms with E-state index >= 15 is 0 Å². The van der Waals surface area contributed by atoms with E-state index in [2.05, 4.69) is 15.1 Å². The molecule has 5 nitrogen and oxygen atoms in total. The molecule has 2 N–H and O–H groups in total. The predicted molar refractivity (Wildman–Crippen MR) is 65.5 cm³/mol. The minimum Gasteiger partial charge on any atom is -0.326 e. The molecular formula is C12H17N5. The average Bonchev–Trinajstić information content (AvgIpc) is 2.59. The lowest BCUT2D eigenvalue weighted by Gasteiger charge is -2.21. The zero-order valence-corrected chi connectivity index (χ0v) is 10.3. The molecule has 2 atom stereocenters. The Hall–Kier alpha value is -1.75. The molecule has 2 rings (SSSR count). The SMILES string of the molecule is Cc1nc(C)n(C(c2ccccn2)C(C)N)n1. The molecule has 0 aromatic carbocycles. The van der Waals surface area contributed by atoms with Crippen molar-refractivity contribution in [2.24, 2.45) is 5.73 Å². The largest absolute Gasteiger partial charge is 0.326 e. The molecule has 2 aromatic heterocycles. The van der Waals surface area contributed by atoms with Gasteiger partial charge in [0.15, 0.2) is 0 Å². The van der Waals surface area contributed by atoms with E-state index < -0.39 is 0 Å². The van der Waals surface area contributed by atoms with Crippen LogP contribution in [0.5, 0.6) is 0 Å². The smallest absolute Gasteiger partial charge is 0.147 e. The fourth-order valence-electron chi connectivity index (χ4n) is 1.97. The molecule has 0 radical (unpaired) electrons. The highest BCUT2D eigenvalue weighted by molar-refractivity contribution is 5.13. The first-order valence-electron chi connectivity index (χ1n) is 5.66. The van der Waals surface area contributed by atoms with Crippen molar-refractivity contribution in [1.82, 2.24) is 19.7 Å². The van der Waals surface area contributed by atoms with Gasteiger partial charge in [-0.25, -0.2) is 9.67 Å². The molecule has 0 aliphatic carbocycles. The maximum atomic E-state index is 6.05. The van der Waals surface area contributed by atoms with Gasteiger partial charge in [0.2, 0.25) is 0 Å². The third-order valence-electron chi connectivity index (χ3n) is 2.66. The third kappa shape index (κ3) is 2.34. The van der Waals surface area contributed by atoms with Crippen LogP contribution in [0.4, 0.5) is 0 Å². The summed E-state index contributed by atoms with van der Waals surface area (Å²) < 4.78 is 1.85. The van der Waals surface area contributed by atoms with Crippen LogP contribution < -0.4 is 5.73 Å². The lowest BCUT2D eigenvalue weighted by Crippen LogP contribution is -2.32. The molecular weight excluding hydrogens is 214 g/mol. The van der Waals surface area contributed by atoms with Gasteiger partial charge in [0.1, 0.15) is 17.7 Å². The zero-order valence-electron chi connectivity index (χ0n) is 10.3. The van der Waals surface area contributed by atoms with E-state index in [1.54, 1.807) is 6.20 Å². The van der Waals surface area contributed by atoms with Crippen molar-refractivity contribution >= 4 is 0 Å². The van der Waals surface area contributed by atoms with Gasteiger partial charge in [-0.3, -0.25) is 4.98 Å². The van der Waals surface area contributed by atoms with Crippen molar-refractivity contribution < 1.29 is 0 Å². The quantitative estimate of drug-likeness (QED) is 0.862. The van der Waals surface area contributed by atoms with Crippen LogP contribution in [-0.4, -0.2) is 25.8 Å². The molecule has 0 spiro atoms. The van der Waals surface area contributed by atoms with Crippen molar-refractivity contribution in [3.05, 3.63) is 41.7 Å².